The molecule has 0 spiro atoms. The molecule has 0 saturated carbocycles. The zero-order valence-corrected chi connectivity index (χ0v) is 15.2. The monoisotopic (exact) mass is 346 g/mol. The molecule has 26 heavy (non-hydrogen) atoms. The van der Waals surface area contributed by atoms with Crippen LogP contribution in [0.1, 0.15) is 27.7 Å². The maximum atomic E-state index is 13.1. The molecule has 1 amide bonds. The summed E-state index contributed by atoms with van der Waals surface area (Å²) in [6.45, 7) is 0. The van der Waals surface area contributed by atoms with Crippen molar-refractivity contribution in [1.29, 1.82) is 0 Å². The van der Waals surface area contributed by atoms with Crippen molar-refractivity contribution in [3.8, 4) is 0 Å². The predicted octanol–water partition coefficient (Wildman–Crippen LogP) is 3.40. The lowest BCUT2D eigenvalue weighted by atomic mass is 10.0. The van der Waals surface area contributed by atoms with Gasteiger partial charge in [-0.05, 0) is 29.8 Å². The second-order valence-corrected chi connectivity index (χ2v) is 6.28. The zero-order chi connectivity index (χ0) is 18.5. The van der Waals surface area contributed by atoms with Crippen LogP contribution in [-0.2, 0) is 0 Å². The molecule has 3 rings (SSSR count). The Balaban J connectivity index is 1.94. The Bertz CT molecular complexity index is 809. The lowest BCUT2D eigenvalue weighted by Crippen LogP contribution is -2.32. The predicted molar refractivity (Wildman–Crippen MR) is 103 cm³/mol. The van der Waals surface area contributed by atoms with Crippen LogP contribution in [0.4, 0.5) is 5.82 Å². The van der Waals surface area contributed by atoms with Crippen LogP contribution in [0, 0.1) is 0 Å². The average Bonchev–Trinajstić information content (AvgIpc) is 2.69. The highest BCUT2D eigenvalue weighted by Crippen LogP contribution is 2.27. The van der Waals surface area contributed by atoms with Crippen LogP contribution in [0.3, 0.4) is 0 Å². The minimum atomic E-state index is -0.265. The second-order valence-electron chi connectivity index (χ2n) is 6.28. The normalized spacial score (nSPS) is 11.7. The lowest BCUT2D eigenvalue weighted by Gasteiger charge is -2.28. The first kappa shape index (κ1) is 17.6. The smallest absolute Gasteiger partial charge is 0.255 e. The van der Waals surface area contributed by atoms with Gasteiger partial charge in [-0.1, -0.05) is 36.4 Å². The molecule has 1 aromatic carbocycles. The first-order chi connectivity index (χ1) is 12.6. The quantitative estimate of drug-likeness (QED) is 0.710. The van der Waals surface area contributed by atoms with Crippen molar-refractivity contribution in [3.05, 3.63) is 89.9 Å². The van der Waals surface area contributed by atoms with Crippen LogP contribution in [0.2, 0.25) is 0 Å². The van der Waals surface area contributed by atoms with Gasteiger partial charge in [0, 0.05) is 33.5 Å². The number of benzene rings is 1. The van der Waals surface area contributed by atoms with Crippen LogP contribution >= 0.6 is 0 Å². The van der Waals surface area contributed by atoms with E-state index < -0.39 is 0 Å². The van der Waals surface area contributed by atoms with E-state index in [2.05, 4.69) is 9.97 Å². The molecule has 0 N–H and O–H groups in total. The van der Waals surface area contributed by atoms with Gasteiger partial charge in [0.15, 0.2) is 0 Å². The highest BCUT2D eigenvalue weighted by molar-refractivity contribution is 5.94. The van der Waals surface area contributed by atoms with Gasteiger partial charge in [0.1, 0.15) is 5.82 Å². The SMILES string of the molecule is CN(C)c1ccc(C(=O)N(C)C(c2ccccc2)c2ccccn2)cn1. The molecule has 0 saturated heterocycles. The van der Waals surface area contributed by atoms with E-state index in [1.807, 2.05) is 79.7 Å². The number of hydrogen-bond acceptors (Lipinski definition) is 4. The molecule has 1 unspecified atom stereocenters. The molecule has 3 aromatic rings. The van der Waals surface area contributed by atoms with E-state index in [9.17, 15) is 4.79 Å². The summed E-state index contributed by atoms with van der Waals surface area (Å²) in [5.41, 5.74) is 2.39. The van der Waals surface area contributed by atoms with Crippen molar-refractivity contribution in [2.45, 2.75) is 6.04 Å². The Hall–Kier alpha value is -3.21. The summed E-state index contributed by atoms with van der Waals surface area (Å²) in [6, 6.07) is 19.1. The fourth-order valence-electron chi connectivity index (χ4n) is 2.86. The third-order valence-corrected chi connectivity index (χ3v) is 4.24. The van der Waals surface area contributed by atoms with Crippen molar-refractivity contribution in [2.75, 3.05) is 26.0 Å². The first-order valence-corrected chi connectivity index (χ1v) is 8.44. The van der Waals surface area contributed by atoms with Gasteiger partial charge in [-0.25, -0.2) is 4.98 Å². The second kappa shape index (κ2) is 7.78. The molecule has 0 fully saturated rings. The summed E-state index contributed by atoms with van der Waals surface area (Å²) in [7, 11) is 5.64. The topological polar surface area (TPSA) is 49.3 Å². The van der Waals surface area contributed by atoms with E-state index in [4.69, 9.17) is 0 Å². The fraction of sp³-hybridized carbons (Fsp3) is 0.190. The maximum Gasteiger partial charge on any atom is 0.255 e. The Kier molecular flexibility index (Phi) is 5.27. The summed E-state index contributed by atoms with van der Waals surface area (Å²) in [6.07, 6.45) is 3.37. The van der Waals surface area contributed by atoms with E-state index in [1.165, 1.54) is 0 Å². The van der Waals surface area contributed by atoms with Crippen molar-refractivity contribution in [1.82, 2.24) is 14.9 Å². The number of pyridine rings is 2. The maximum absolute atomic E-state index is 13.1. The molecule has 5 heteroatoms. The molecule has 0 aliphatic heterocycles. The Labute approximate surface area is 153 Å². The highest BCUT2D eigenvalue weighted by Gasteiger charge is 2.25. The van der Waals surface area contributed by atoms with Crippen LogP contribution < -0.4 is 4.90 Å². The summed E-state index contributed by atoms with van der Waals surface area (Å²) in [5.74, 6) is 0.718. The molecule has 132 valence electrons. The number of carbonyl (C=O) groups excluding carboxylic acids is 1. The molecule has 2 heterocycles. The van der Waals surface area contributed by atoms with Gasteiger partial charge in [0.05, 0.1) is 17.3 Å². The summed E-state index contributed by atoms with van der Waals surface area (Å²) in [5, 5.41) is 0. The van der Waals surface area contributed by atoms with Gasteiger partial charge in [-0.15, -0.1) is 0 Å². The largest absolute Gasteiger partial charge is 0.363 e. The number of nitrogens with zero attached hydrogens (tertiary/aromatic N) is 4. The van der Waals surface area contributed by atoms with Crippen molar-refractivity contribution in [3.63, 3.8) is 0 Å². The zero-order valence-electron chi connectivity index (χ0n) is 15.2. The van der Waals surface area contributed by atoms with Gasteiger partial charge in [0.25, 0.3) is 5.91 Å². The molecular formula is C21H22N4O. The number of rotatable bonds is 5. The van der Waals surface area contributed by atoms with Gasteiger partial charge in [0.2, 0.25) is 0 Å². The number of hydrogen-bond donors (Lipinski definition) is 0. The first-order valence-electron chi connectivity index (χ1n) is 8.44. The van der Waals surface area contributed by atoms with Crippen molar-refractivity contribution < 1.29 is 4.79 Å². The number of aromatic nitrogens is 2. The molecule has 5 nitrogen and oxygen atoms in total. The summed E-state index contributed by atoms with van der Waals surface area (Å²) < 4.78 is 0. The summed E-state index contributed by atoms with van der Waals surface area (Å²) >= 11 is 0. The van der Waals surface area contributed by atoms with Gasteiger partial charge < -0.3 is 9.80 Å². The molecule has 1 atom stereocenters. The molecular weight excluding hydrogens is 324 g/mol. The molecule has 0 radical (unpaired) electrons. The third-order valence-electron chi connectivity index (χ3n) is 4.24. The molecule has 0 bridgehead atoms. The summed E-state index contributed by atoms with van der Waals surface area (Å²) in [4.78, 5) is 25.5. The number of amides is 1. The van der Waals surface area contributed by atoms with E-state index in [1.54, 1.807) is 24.3 Å². The lowest BCUT2D eigenvalue weighted by molar-refractivity contribution is 0.0752. The van der Waals surface area contributed by atoms with Crippen LogP contribution in [0.25, 0.3) is 0 Å². The number of anilines is 1. The Morgan fingerprint density at radius 1 is 0.885 bits per heavy atom. The van der Waals surface area contributed by atoms with Crippen molar-refractivity contribution >= 4 is 11.7 Å². The van der Waals surface area contributed by atoms with Gasteiger partial charge in [-0.3, -0.25) is 9.78 Å². The fourth-order valence-corrected chi connectivity index (χ4v) is 2.86. The average molecular weight is 346 g/mol. The standard InChI is InChI=1S/C21H22N4O/c1-24(2)19-13-12-17(15-23-19)21(26)25(3)20(16-9-5-4-6-10-16)18-11-7-8-14-22-18/h4-15,20H,1-3H3. The van der Waals surface area contributed by atoms with E-state index in [-0.39, 0.29) is 11.9 Å². The third kappa shape index (κ3) is 3.72. The Morgan fingerprint density at radius 2 is 1.62 bits per heavy atom. The van der Waals surface area contributed by atoms with Crippen molar-refractivity contribution in [2.24, 2.45) is 0 Å². The van der Waals surface area contributed by atoms with Crippen LogP contribution in [0.5, 0.6) is 0 Å². The van der Waals surface area contributed by atoms with E-state index in [0.717, 1.165) is 17.1 Å². The molecule has 0 aliphatic carbocycles. The van der Waals surface area contributed by atoms with E-state index >= 15 is 0 Å². The highest BCUT2D eigenvalue weighted by atomic mass is 16.2. The van der Waals surface area contributed by atoms with Crippen LogP contribution in [0.15, 0.2) is 73.1 Å². The van der Waals surface area contributed by atoms with Gasteiger partial charge in [-0.2, -0.15) is 0 Å². The molecule has 2 aromatic heterocycles. The van der Waals surface area contributed by atoms with E-state index in [0.29, 0.717) is 5.56 Å². The Morgan fingerprint density at radius 3 is 2.19 bits per heavy atom. The number of carbonyl (C=O) groups is 1. The minimum absolute atomic E-state index is 0.0951. The van der Waals surface area contributed by atoms with Crippen LogP contribution in [-0.4, -0.2) is 41.9 Å². The molecule has 0 aliphatic rings. The van der Waals surface area contributed by atoms with Gasteiger partial charge >= 0.3 is 0 Å². The minimum Gasteiger partial charge on any atom is -0.363 e.